The molecule has 1 amide bonds. The fourth-order valence-electron chi connectivity index (χ4n) is 2.26. The second-order valence-corrected chi connectivity index (χ2v) is 6.59. The van der Waals surface area contributed by atoms with E-state index in [9.17, 15) is 4.79 Å². The van der Waals surface area contributed by atoms with Crippen molar-refractivity contribution in [2.75, 3.05) is 0 Å². The van der Waals surface area contributed by atoms with E-state index in [-0.39, 0.29) is 11.8 Å². The van der Waals surface area contributed by atoms with E-state index in [1.807, 2.05) is 61.5 Å². The highest BCUT2D eigenvalue weighted by molar-refractivity contribution is 7.21. The van der Waals surface area contributed by atoms with Crippen molar-refractivity contribution in [3.63, 3.8) is 0 Å². The summed E-state index contributed by atoms with van der Waals surface area (Å²) in [7, 11) is 0. The van der Waals surface area contributed by atoms with Crippen molar-refractivity contribution >= 4 is 45.1 Å². The van der Waals surface area contributed by atoms with Gasteiger partial charge < -0.3 is 0 Å². The second-order valence-electron chi connectivity index (χ2n) is 5.16. The van der Waals surface area contributed by atoms with Gasteiger partial charge in [0.25, 0.3) is 5.91 Å². The van der Waals surface area contributed by atoms with E-state index in [4.69, 9.17) is 11.6 Å². The van der Waals surface area contributed by atoms with Gasteiger partial charge >= 0.3 is 0 Å². The molecule has 0 bridgehead atoms. The topological polar surface area (TPSA) is 41.5 Å². The standard InChI is InChI=1S/C18H15ClN2OS/c1-12(13-7-3-2-4-8-13)11-20-21-18(22)17-16(19)14-9-5-6-10-15(14)23-17/h2-12H,1H3,(H,21,22)/b20-11-/t12-/m1/s1. The SMILES string of the molecule is C[C@H](/C=N\NC(=O)c1sc2ccccc2c1Cl)c1ccccc1. The van der Waals surface area contributed by atoms with Gasteiger partial charge in [-0.15, -0.1) is 11.3 Å². The van der Waals surface area contributed by atoms with Crippen molar-refractivity contribution < 1.29 is 4.79 Å². The number of nitrogens with zero attached hydrogens (tertiary/aromatic N) is 1. The van der Waals surface area contributed by atoms with Gasteiger partial charge in [0.05, 0.1) is 5.02 Å². The number of hydrogen-bond donors (Lipinski definition) is 1. The van der Waals surface area contributed by atoms with Crippen molar-refractivity contribution in [2.45, 2.75) is 12.8 Å². The Morgan fingerprint density at radius 1 is 1.17 bits per heavy atom. The van der Waals surface area contributed by atoms with Crippen LogP contribution in [0, 0.1) is 0 Å². The summed E-state index contributed by atoms with van der Waals surface area (Å²) < 4.78 is 0.990. The maximum atomic E-state index is 12.3. The number of fused-ring (bicyclic) bond motifs is 1. The number of halogens is 1. The number of rotatable bonds is 4. The highest BCUT2D eigenvalue weighted by Gasteiger charge is 2.16. The molecule has 0 aliphatic rings. The van der Waals surface area contributed by atoms with Gasteiger partial charge in [0.1, 0.15) is 4.88 Å². The third-order valence-corrected chi connectivity index (χ3v) is 5.20. The van der Waals surface area contributed by atoms with E-state index in [1.54, 1.807) is 6.21 Å². The lowest BCUT2D eigenvalue weighted by Gasteiger charge is -2.05. The maximum Gasteiger partial charge on any atom is 0.282 e. The number of amides is 1. The molecule has 23 heavy (non-hydrogen) atoms. The molecule has 0 fully saturated rings. The predicted molar refractivity (Wildman–Crippen MR) is 97.7 cm³/mol. The van der Waals surface area contributed by atoms with E-state index >= 15 is 0 Å². The molecule has 0 saturated carbocycles. The first kappa shape index (κ1) is 15.7. The fourth-order valence-corrected chi connectivity index (χ4v) is 3.67. The lowest BCUT2D eigenvalue weighted by molar-refractivity contribution is 0.0959. The summed E-state index contributed by atoms with van der Waals surface area (Å²) in [6.07, 6.45) is 1.72. The normalized spacial score (nSPS) is 12.6. The molecule has 0 unspecified atom stereocenters. The van der Waals surface area contributed by atoms with Gasteiger partial charge in [-0.25, -0.2) is 5.43 Å². The van der Waals surface area contributed by atoms with E-state index in [0.717, 1.165) is 15.6 Å². The Kier molecular flexibility index (Phi) is 4.74. The first-order chi connectivity index (χ1) is 11.2. The van der Waals surface area contributed by atoms with Crippen LogP contribution in [-0.2, 0) is 0 Å². The molecule has 0 saturated heterocycles. The van der Waals surface area contributed by atoms with Gasteiger partial charge in [-0.05, 0) is 11.6 Å². The van der Waals surface area contributed by atoms with Crippen LogP contribution in [-0.4, -0.2) is 12.1 Å². The van der Waals surface area contributed by atoms with Crippen LogP contribution in [0.4, 0.5) is 0 Å². The Balaban J connectivity index is 1.71. The predicted octanol–water partition coefficient (Wildman–Crippen LogP) is 5.07. The van der Waals surface area contributed by atoms with Gasteiger partial charge in [0.15, 0.2) is 0 Å². The highest BCUT2D eigenvalue weighted by Crippen LogP contribution is 2.34. The maximum absolute atomic E-state index is 12.3. The largest absolute Gasteiger partial charge is 0.282 e. The number of benzene rings is 2. The lowest BCUT2D eigenvalue weighted by Crippen LogP contribution is -2.17. The van der Waals surface area contributed by atoms with Crippen molar-refractivity contribution in [2.24, 2.45) is 5.10 Å². The van der Waals surface area contributed by atoms with E-state index in [0.29, 0.717) is 9.90 Å². The average molecular weight is 343 g/mol. The summed E-state index contributed by atoms with van der Waals surface area (Å²) in [5.41, 5.74) is 3.70. The molecule has 0 radical (unpaired) electrons. The van der Waals surface area contributed by atoms with E-state index in [1.165, 1.54) is 11.3 Å². The first-order valence-corrected chi connectivity index (χ1v) is 8.42. The molecule has 5 heteroatoms. The number of nitrogens with one attached hydrogen (secondary N) is 1. The Labute approximate surface area is 143 Å². The smallest absolute Gasteiger partial charge is 0.266 e. The molecular weight excluding hydrogens is 328 g/mol. The molecule has 0 aliphatic heterocycles. The molecule has 2 aromatic carbocycles. The zero-order valence-electron chi connectivity index (χ0n) is 12.5. The number of thiophene rings is 1. The van der Waals surface area contributed by atoms with Crippen LogP contribution in [0.1, 0.15) is 28.1 Å². The number of hydrazone groups is 1. The third kappa shape index (κ3) is 3.44. The summed E-state index contributed by atoms with van der Waals surface area (Å²) in [5, 5.41) is 5.43. The molecule has 1 heterocycles. The fraction of sp³-hybridized carbons (Fsp3) is 0.111. The Bertz CT molecular complexity index is 858. The van der Waals surface area contributed by atoms with E-state index in [2.05, 4.69) is 10.5 Å². The van der Waals surface area contributed by atoms with Gasteiger partial charge in [0.2, 0.25) is 0 Å². The average Bonchev–Trinajstić information content (AvgIpc) is 2.93. The Hall–Kier alpha value is -2.17. The van der Waals surface area contributed by atoms with Gasteiger partial charge in [-0.2, -0.15) is 5.10 Å². The minimum absolute atomic E-state index is 0.120. The Morgan fingerprint density at radius 2 is 1.87 bits per heavy atom. The monoisotopic (exact) mass is 342 g/mol. The molecule has 3 rings (SSSR count). The Morgan fingerprint density at radius 3 is 2.61 bits per heavy atom. The van der Waals surface area contributed by atoms with Crippen molar-refractivity contribution in [1.82, 2.24) is 5.43 Å². The third-order valence-electron chi connectivity index (χ3n) is 3.53. The second kappa shape index (κ2) is 6.94. The molecule has 1 atom stereocenters. The zero-order valence-corrected chi connectivity index (χ0v) is 14.1. The molecule has 3 nitrogen and oxygen atoms in total. The number of carbonyl (C=O) groups is 1. The minimum atomic E-state index is -0.285. The molecule has 0 aliphatic carbocycles. The van der Waals surface area contributed by atoms with Crippen LogP contribution in [0.15, 0.2) is 59.7 Å². The quantitative estimate of drug-likeness (QED) is 0.521. The number of hydrogen-bond acceptors (Lipinski definition) is 3. The highest BCUT2D eigenvalue weighted by atomic mass is 35.5. The van der Waals surface area contributed by atoms with Gasteiger partial charge in [0, 0.05) is 22.2 Å². The van der Waals surface area contributed by atoms with Crippen LogP contribution in [0.2, 0.25) is 5.02 Å². The van der Waals surface area contributed by atoms with Crippen LogP contribution in [0.25, 0.3) is 10.1 Å². The summed E-state index contributed by atoms with van der Waals surface area (Å²) in [6.45, 7) is 2.03. The van der Waals surface area contributed by atoms with Crippen LogP contribution in [0.5, 0.6) is 0 Å². The van der Waals surface area contributed by atoms with Gasteiger partial charge in [-0.1, -0.05) is 67.1 Å². The summed E-state index contributed by atoms with van der Waals surface area (Å²) >= 11 is 7.66. The van der Waals surface area contributed by atoms with Crippen LogP contribution >= 0.6 is 22.9 Å². The van der Waals surface area contributed by atoms with Crippen molar-refractivity contribution in [1.29, 1.82) is 0 Å². The van der Waals surface area contributed by atoms with Crippen molar-refractivity contribution in [3.8, 4) is 0 Å². The molecule has 116 valence electrons. The summed E-state index contributed by atoms with van der Waals surface area (Å²) in [4.78, 5) is 12.7. The summed E-state index contributed by atoms with van der Waals surface area (Å²) in [6, 6.07) is 17.7. The van der Waals surface area contributed by atoms with Gasteiger partial charge in [-0.3, -0.25) is 4.79 Å². The first-order valence-electron chi connectivity index (χ1n) is 7.22. The summed E-state index contributed by atoms with van der Waals surface area (Å²) in [5.74, 6) is -0.165. The number of carbonyl (C=O) groups excluding carboxylic acids is 1. The van der Waals surface area contributed by atoms with Crippen LogP contribution < -0.4 is 5.43 Å². The van der Waals surface area contributed by atoms with E-state index < -0.39 is 0 Å². The molecular formula is C18H15ClN2OS. The van der Waals surface area contributed by atoms with Crippen molar-refractivity contribution in [3.05, 3.63) is 70.1 Å². The molecule has 1 aromatic heterocycles. The lowest BCUT2D eigenvalue weighted by atomic mass is 10.0. The zero-order chi connectivity index (χ0) is 16.2. The molecule has 1 N–H and O–H groups in total. The molecule has 0 spiro atoms. The minimum Gasteiger partial charge on any atom is -0.266 e. The molecule has 3 aromatic rings. The van der Waals surface area contributed by atoms with Crippen LogP contribution in [0.3, 0.4) is 0 Å².